The standard InChI is InChI=1S/C24H24N2O2/c1-27-23-10-3-2-8-20(23)9-5-7-17-28-21-14-12-19(13-15-21)22-18-26-16-6-4-11-24(26)25-22/h2-4,6,8,10-16,18H,5,7,9,17H2,1H3. The van der Waals surface area contributed by atoms with E-state index in [1.807, 2.05) is 59.3 Å². The molecule has 0 saturated heterocycles. The van der Waals surface area contributed by atoms with E-state index in [4.69, 9.17) is 9.47 Å². The monoisotopic (exact) mass is 372 g/mol. The van der Waals surface area contributed by atoms with E-state index in [1.165, 1.54) is 5.56 Å². The van der Waals surface area contributed by atoms with Crippen LogP contribution in [0.15, 0.2) is 79.1 Å². The molecule has 2 aromatic carbocycles. The molecule has 0 atom stereocenters. The van der Waals surface area contributed by atoms with Crippen molar-refractivity contribution in [3.05, 3.63) is 84.7 Å². The molecule has 4 heteroatoms. The van der Waals surface area contributed by atoms with Gasteiger partial charge in [0, 0.05) is 18.0 Å². The molecule has 4 rings (SSSR count). The Labute approximate surface area is 165 Å². The van der Waals surface area contributed by atoms with E-state index in [2.05, 4.69) is 29.2 Å². The van der Waals surface area contributed by atoms with Crippen LogP contribution in [0.5, 0.6) is 11.5 Å². The van der Waals surface area contributed by atoms with Crippen LogP contribution in [-0.4, -0.2) is 23.1 Å². The predicted molar refractivity (Wildman–Crippen MR) is 112 cm³/mol. The van der Waals surface area contributed by atoms with Crippen molar-refractivity contribution in [1.29, 1.82) is 0 Å². The lowest BCUT2D eigenvalue weighted by atomic mass is 10.1. The Kier molecular flexibility index (Phi) is 5.57. The third-order valence-electron chi connectivity index (χ3n) is 4.82. The number of unbranched alkanes of at least 4 members (excludes halogenated alkanes) is 1. The highest BCUT2D eigenvalue weighted by atomic mass is 16.5. The number of hydrogen-bond donors (Lipinski definition) is 0. The summed E-state index contributed by atoms with van der Waals surface area (Å²) < 4.78 is 13.3. The van der Waals surface area contributed by atoms with Crippen molar-refractivity contribution in [1.82, 2.24) is 9.38 Å². The smallest absolute Gasteiger partial charge is 0.137 e. The molecule has 0 radical (unpaired) electrons. The fourth-order valence-corrected chi connectivity index (χ4v) is 3.31. The quantitative estimate of drug-likeness (QED) is 0.388. The summed E-state index contributed by atoms with van der Waals surface area (Å²) >= 11 is 0. The van der Waals surface area contributed by atoms with Gasteiger partial charge in [0.25, 0.3) is 0 Å². The lowest BCUT2D eigenvalue weighted by Crippen LogP contribution is -1.99. The van der Waals surface area contributed by atoms with Gasteiger partial charge in [-0.05, 0) is 67.3 Å². The zero-order chi connectivity index (χ0) is 19.2. The molecular weight excluding hydrogens is 348 g/mol. The van der Waals surface area contributed by atoms with Gasteiger partial charge < -0.3 is 13.9 Å². The molecule has 2 aromatic heterocycles. The Morgan fingerprint density at radius 1 is 0.893 bits per heavy atom. The average molecular weight is 372 g/mol. The van der Waals surface area contributed by atoms with Gasteiger partial charge in [-0.2, -0.15) is 0 Å². The number of methoxy groups -OCH3 is 1. The first-order valence-electron chi connectivity index (χ1n) is 9.62. The second-order valence-electron chi connectivity index (χ2n) is 6.73. The van der Waals surface area contributed by atoms with Gasteiger partial charge in [-0.3, -0.25) is 0 Å². The molecule has 2 heterocycles. The van der Waals surface area contributed by atoms with Crippen LogP contribution < -0.4 is 9.47 Å². The molecule has 0 saturated carbocycles. The van der Waals surface area contributed by atoms with Crippen LogP contribution in [0.1, 0.15) is 18.4 Å². The minimum atomic E-state index is 0.711. The summed E-state index contributed by atoms with van der Waals surface area (Å²) in [4.78, 5) is 4.65. The minimum Gasteiger partial charge on any atom is -0.496 e. The number of para-hydroxylation sites is 1. The zero-order valence-corrected chi connectivity index (χ0v) is 16.0. The van der Waals surface area contributed by atoms with Crippen LogP contribution in [-0.2, 0) is 6.42 Å². The number of hydrogen-bond acceptors (Lipinski definition) is 3. The highest BCUT2D eigenvalue weighted by molar-refractivity contribution is 5.63. The van der Waals surface area contributed by atoms with Crippen LogP contribution in [0.4, 0.5) is 0 Å². The van der Waals surface area contributed by atoms with Gasteiger partial charge in [0.05, 0.1) is 19.4 Å². The predicted octanol–water partition coefficient (Wildman–Crippen LogP) is 5.41. The maximum atomic E-state index is 5.89. The SMILES string of the molecule is COc1ccccc1CCCCOc1ccc(-c2cn3ccccc3n2)cc1. The van der Waals surface area contributed by atoms with Gasteiger partial charge in [-0.1, -0.05) is 24.3 Å². The molecule has 0 aliphatic rings. The molecule has 0 fully saturated rings. The number of imidazole rings is 1. The van der Waals surface area contributed by atoms with E-state index in [0.717, 1.165) is 47.7 Å². The maximum Gasteiger partial charge on any atom is 0.137 e. The molecule has 0 N–H and O–H groups in total. The largest absolute Gasteiger partial charge is 0.496 e. The zero-order valence-electron chi connectivity index (χ0n) is 16.0. The number of fused-ring (bicyclic) bond motifs is 1. The summed E-state index contributed by atoms with van der Waals surface area (Å²) in [6.07, 6.45) is 7.13. The van der Waals surface area contributed by atoms with Gasteiger partial charge >= 0.3 is 0 Å². The number of rotatable bonds is 8. The molecule has 142 valence electrons. The van der Waals surface area contributed by atoms with Gasteiger partial charge in [-0.25, -0.2) is 4.98 Å². The van der Waals surface area contributed by atoms with Crippen molar-refractivity contribution >= 4 is 5.65 Å². The number of aromatic nitrogens is 2. The van der Waals surface area contributed by atoms with Crippen LogP contribution >= 0.6 is 0 Å². The summed E-state index contributed by atoms with van der Waals surface area (Å²) in [6.45, 7) is 0.711. The first kappa shape index (κ1) is 18.1. The van der Waals surface area contributed by atoms with E-state index >= 15 is 0 Å². The second-order valence-corrected chi connectivity index (χ2v) is 6.73. The summed E-state index contributed by atoms with van der Waals surface area (Å²) in [5, 5.41) is 0. The number of aryl methyl sites for hydroxylation is 1. The van der Waals surface area contributed by atoms with Gasteiger partial charge in [0.15, 0.2) is 0 Å². The van der Waals surface area contributed by atoms with E-state index in [9.17, 15) is 0 Å². The normalized spacial score (nSPS) is 10.9. The number of nitrogens with zero attached hydrogens (tertiary/aromatic N) is 2. The van der Waals surface area contributed by atoms with Crippen molar-refractivity contribution in [2.24, 2.45) is 0 Å². The molecule has 0 spiro atoms. The molecular formula is C24H24N2O2. The first-order chi connectivity index (χ1) is 13.8. The van der Waals surface area contributed by atoms with Crippen molar-refractivity contribution < 1.29 is 9.47 Å². The topological polar surface area (TPSA) is 35.8 Å². The molecule has 28 heavy (non-hydrogen) atoms. The average Bonchev–Trinajstić information content (AvgIpc) is 3.18. The Morgan fingerprint density at radius 3 is 2.54 bits per heavy atom. The molecule has 0 amide bonds. The number of pyridine rings is 1. The lowest BCUT2D eigenvalue weighted by molar-refractivity contribution is 0.306. The Bertz CT molecular complexity index is 1000. The van der Waals surface area contributed by atoms with E-state index in [-0.39, 0.29) is 0 Å². The molecule has 0 unspecified atom stereocenters. The lowest BCUT2D eigenvalue weighted by Gasteiger charge is -2.09. The minimum absolute atomic E-state index is 0.711. The van der Waals surface area contributed by atoms with E-state index in [1.54, 1.807) is 7.11 Å². The first-order valence-corrected chi connectivity index (χ1v) is 9.62. The molecule has 0 aliphatic heterocycles. The van der Waals surface area contributed by atoms with Crippen molar-refractivity contribution in [2.45, 2.75) is 19.3 Å². The third-order valence-corrected chi connectivity index (χ3v) is 4.82. The summed E-state index contributed by atoms with van der Waals surface area (Å²) in [7, 11) is 1.72. The molecule has 4 nitrogen and oxygen atoms in total. The van der Waals surface area contributed by atoms with Gasteiger partial charge in [0.1, 0.15) is 17.1 Å². The molecule has 0 aliphatic carbocycles. The fourth-order valence-electron chi connectivity index (χ4n) is 3.31. The van der Waals surface area contributed by atoms with Gasteiger partial charge in [-0.15, -0.1) is 0 Å². The van der Waals surface area contributed by atoms with Crippen LogP contribution in [0.2, 0.25) is 0 Å². The number of benzene rings is 2. The Morgan fingerprint density at radius 2 is 1.71 bits per heavy atom. The Balaban J connectivity index is 1.28. The van der Waals surface area contributed by atoms with E-state index < -0.39 is 0 Å². The fraction of sp³-hybridized carbons (Fsp3) is 0.208. The van der Waals surface area contributed by atoms with Crippen molar-refractivity contribution in [3.8, 4) is 22.8 Å². The van der Waals surface area contributed by atoms with Crippen LogP contribution in [0.25, 0.3) is 16.9 Å². The molecule has 0 bridgehead atoms. The number of ether oxygens (including phenoxy) is 2. The Hall–Kier alpha value is -3.27. The van der Waals surface area contributed by atoms with Crippen molar-refractivity contribution in [3.63, 3.8) is 0 Å². The highest BCUT2D eigenvalue weighted by Crippen LogP contribution is 2.23. The summed E-state index contributed by atoms with van der Waals surface area (Å²) in [5.74, 6) is 1.86. The molecule has 4 aromatic rings. The highest BCUT2D eigenvalue weighted by Gasteiger charge is 2.05. The summed E-state index contributed by atoms with van der Waals surface area (Å²) in [5.41, 5.74) is 4.26. The van der Waals surface area contributed by atoms with Crippen LogP contribution in [0, 0.1) is 0 Å². The summed E-state index contributed by atoms with van der Waals surface area (Å²) in [6, 6.07) is 22.3. The second kappa shape index (κ2) is 8.61. The van der Waals surface area contributed by atoms with Crippen molar-refractivity contribution in [2.75, 3.05) is 13.7 Å². The third kappa shape index (κ3) is 4.17. The maximum absolute atomic E-state index is 5.89. The van der Waals surface area contributed by atoms with E-state index in [0.29, 0.717) is 6.61 Å². The van der Waals surface area contributed by atoms with Crippen LogP contribution in [0.3, 0.4) is 0 Å². The van der Waals surface area contributed by atoms with Gasteiger partial charge in [0.2, 0.25) is 0 Å².